The zero-order chi connectivity index (χ0) is 61.1. The topological polar surface area (TPSA) is 205 Å². The van der Waals surface area contributed by atoms with E-state index in [0.717, 1.165) is 60.9 Å². The third-order valence-corrected chi connectivity index (χ3v) is 16.2. The van der Waals surface area contributed by atoms with Crippen molar-refractivity contribution in [2.75, 3.05) is 64.2 Å². The highest BCUT2D eigenvalue weighted by Crippen LogP contribution is 2.43. The van der Waals surface area contributed by atoms with E-state index < -0.39 is 38.4 Å². The van der Waals surface area contributed by atoms with Crippen LogP contribution in [0.5, 0.6) is 0 Å². The molecule has 0 saturated carbocycles. The molecule has 1 aliphatic rings. The smallest absolute Gasteiger partial charge is 0.462 e. The van der Waals surface area contributed by atoms with E-state index in [0.29, 0.717) is 45.2 Å². The molecule has 0 saturated heterocycles. The number of para-hydroxylation sites is 1. The fraction of sp³-hybridized carbons (Fsp3) is 0.721. The van der Waals surface area contributed by atoms with Crippen LogP contribution in [0.3, 0.4) is 0 Å². The number of rotatable bonds is 55. The maximum atomic E-state index is 13.4. The summed E-state index contributed by atoms with van der Waals surface area (Å²) in [4.78, 5) is 76.1. The maximum Gasteiger partial charge on any atom is 0.472 e. The summed E-state index contributed by atoms with van der Waals surface area (Å²) in [7, 11) is -4.65. The highest BCUT2D eigenvalue weighted by Gasteiger charge is 2.27. The summed E-state index contributed by atoms with van der Waals surface area (Å²) < 4.78 is 45.0. The molecule has 3 rings (SSSR count). The third-order valence-electron chi connectivity index (χ3n) is 15.2. The van der Waals surface area contributed by atoms with Gasteiger partial charge in [0.15, 0.2) is 6.10 Å². The molecule has 16 nitrogen and oxygen atoms in total. The van der Waals surface area contributed by atoms with Gasteiger partial charge in [0, 0.05) is 49.9 Å². The van der Waals surface area contributed by atoms with Crippen molar-refractivity contribution in [1.82, 2.24) is 10.6 Å². The largest absolute Gasteiger partial charge is 0.472 e. The Labute approximate surface area is 512 Å². The molecule has 3 N–H and O–H groups in total. The van der Waals surface area contributed by atoms with E-state index in [1.807, 2.05) is 48.5 Å². The van der Waals surface area contributed by atoms with Crippen LogP contribution in [0, 0.1) is 11.8 Å². The number of benzene rings is 2. The molecule has 0 aromatic heterocycles. The number of nitrogens with one attached hydrogen (secondary N) is 2. The quantitative estimate of drug-likeness (QED) is 0.0244. The van der Waals surface area contributed by atoms with Gasteiger partial charge in [-0.1, -0.05) is 236 Å². The van der Waals surface area contributed by atoms with E-state index >= 15 is 0 Å². The second kappa shape index (κ2) is 50.4. The number of carbonyl (C=O) groups is 5. The van der Waals surface area contributed by atoms with Crippen LogP contribution in [0.1, 0.15) is 262 Å². The predicted octanol–water partition coefficient (Wildman–Crippen LogP) is 14.9. The standard InChI is InChI=1S/C68H110N3O13P/c1-3-5-7-9-11-13-15-17-19-21-23-25-27-29-31-45-67(75)81-56-62(84-68(76)46-32-30-28-26-24-22-20-18-16-14-12-10-8-6-4-2)57-83-85(77,78)82-52-50-70-65(73)58-80-54-53-79-51-49-69-64(72)43-37-38-44-66(74)71-55-61-41-34-33-39-59(61)47-48-60-40-35-36-42-63(60)71/h33-36,39-42,62H,3-32,37-38,43-46,49-58H2,1-2H3,(H,69,72)(H,70,73)(H,77,78)/t62-/m1/s1. The molecule has 0 spiro atoms. The molecule has 3 amide bonds. The van der Waals surface area contributed by atoms with Crippen molar-refractivity contribution in [1.29, 1.82) is 0 Å². The van der Waals surface area contributed by atoms with Crippen LogP contribution >= 0.6 is 7.82 Å². The van der Waals surface area contributed by atoms with Crippen molar-refractivity contribution >= 4 is 43.2 Å². The van der Waals surface area contributed by atoms with Crippen molar-refractivity contribution in [3.05, 3.63) is 65.2 Å². The number of hydrogen-bond acceptors (Lipinski definition) is 12. The maximum absolute atomic E-state index is 13.4. The zero-order valence-electron chi connectivity index (χ0n) is 52.5. The molecule has 85 heavy (non-hydrogen) atoms. The van der Waals surface area contributed by atoms with Crippen molar-refractivity contribution < 1.29 is 61.4 Å². The van der Waals surface area contributed by atoms with E-state index in [-0.39, 0.29) is 77.3 Å². The van der Waals surface area contributed by atoms with Crippen LogP contribution in [0.4, 0.5) is 5.69 Å². The van der Waals surface area contributed by atoms with E-state index in [2.05, 4.69) is 36.3 Å². The summed E-state index contributed by atoms with van der Waals surface area (Å²) in [6.07, 6.45) is 37.4. The number of carbonyl (C=O) groups excluding carboxylic acids is 5. The second-order valence-electron chi connectivity index (χ2n) is 22.8. The minimum atomic E-state index is -4.65. The first-order valence-corrected chi connectivity index (χ1v) is 34.7. The molecule has 0 aliphatic carbocycles. The highest BCUT2D eigenvalue weighted by molar-refractivity contribution is 7.47. The van der Waals surface area contributed by atoms with Crippen molar-refractivity contribution in [3.8, 4) is 11.8 Å². The molecule has 1 aliphatic heterocycles. The first-order valence-electron chi connectivity index (χ1n) is 33.2. The van der Waals surface area contributed by atoms with Crippen LogP contribution in [0.2, 0.25) is 0 Å². The van der Waals surface area contributed by atoms with Gasteiger partial charge in [-0.2, -0.15) is 0 Å². The Morgan fingerprint density at radius 3 is 1.55 bits per heavy atom. The lowest BCUT2D eigenvalue weighted by Crippen LogP contribution is -2.32. The van der Waals surface area contributed by atoms with Gasteiger partial charge in [0.1, 0.15) is 13.2 Å². The molecule has 1 unspecified atom stereocenters. The minimum absolute atomic E-state index is 0.0206. The normalized spacial score (nSPS) is 12.9. The summed E-state index contributed by atoms with van der Waals surface area (Å²) in [6.45, 7) is 4.14. The summed E-state index contributed by atoms with van der Waals surface area (Å²) >= 11 is 0. The van der Waals surface area contributed by atoms with Gasteiger partial charge in [0.2, 0.25) is 17.7 Å². The number of anilines is 1. The third kappa shape index (κ3) is 39.7. The van der Waals surface area contributed by atoms with Gasteiger partial charge in [-0.15, -0.1) is 0 Å². The van der Waals surface area contributed by atoms with Gasteiger partial charge >= 0.3 is 19.8 Å². The van der Waals surface area contributed by atoms with Crippen LogP contribution in [0.15, 0.2) is 48.5 Å². The lowest BCUT2D eigenvalue weighted by Gasteiger charge is -2.26. The number of fused-ring (bicyclic) bond motifs is 2. The SMILES string of the molecule is CCCCCCCCCCCCCCCCCC(=O)OC[C@H](COP(=O)(O)OCCNC(=O)COCCOCCNC(=O)CCCCC(=O)N1Cc2ccccc2C#Cc2ccccc21)OC(=O)CCCCCCCCCCCCCCCCC. The minimum Gasteiger partial charge on any atom is -0.462 e. The van der Waals surface area contributed by atoms with Crippen molar-refractivity contribution in [2.24, 2.45) is 0 Å². The Bertz CT molecular complexity index is 2220. The van der Waals surface area contributed by atoms with Gasteiger partial charge in [0.05, 0.1) is 45.3 Å². The van der Waals surface area contributed by atoms with Gasteiger partial charge < -0.3 is 39.4 Å². The summed E-state index contributed by atoms with van der Waals surface area (Å²) in [6, 6.07) is 15.5. The molecular formula is C68H110N3O13P. The van der Waals surface area contributed by atoms with E-state index in [1.54, 1.807) is 4.90 Å². The van der Waals surface area contributed by atoms with Gasteiger partial charge in [-0.3, -0.25) is 33.0 Å². The number of nitrogens with zero attached hydrogens (tertiary/aromatic N) is 1. The lowest BCUT2D eigenvalue weighted by atomic mass is 10.0. The van der Waals surface area contributed by atoms with E-state index in [1.165, 1.54) is 141 Å². The van der Waals surface area contributed by atoms with Gasteiger partial charge in [-0.25, -0.2) is 4.57 Å². The van der Waals surface area contributed by atoms with Crippen molar-refractivity contribution in [2.45, 2.75) is 258 Å². The Morgan fingerprint density at radius 2 is 0.965 bits per heavy atom. The first-order chi connectivity index (χ1) is 41.5. The molecule has 2 atom stereocenters. The summed E-state index contributed by atoms with van der Waals surface area (Å²) in [5.41, 5.74) is 3.48. The molecule has 17 heteroatoms. The number of hydrogen-bond donors (Lipinski definition) is 3. The van der Waals surface area contributed by atoms with Crippen molar-refractivity contribution in [3.63, 3.8) is 0 Å². The predicted molar refractivity (Wildman–Crippen MR) is 338 cm³/mol. The summed E-state index contributed by atoms with van der Waals surface area (Å²) in [5, 5.41) is 5.36. The zero-order valence-corrected chi connectivity index (χ0v) is 53.4. The number of phosphoric ester groups is 1. The Morgan fingerprint density at radius 1 is 0.506 bits per heavy atom. The lowest BCUT2D eigenvalue weighted by molar-refractivity contribution is -0.161. The Balaban J connectivity index is 1.24. The second-order valence-corrected chi connectivity index (χ2v) is 24.2. The molecule has 0 fully saturated rings. The molecule has 480 valence electrons. The van der Waals surface area contributed by atoms with Gasteiger partial charge in [-0.05, 0) is 49.4 Å². The fourth-order valence-corrected chi connectivity index (χ4v) is 10.9. The molecule has 0 radical (unpaired) electrons. The Kier molecular flexibility index (Phi) is 44.2. The van der Waals surface area contributed by atoms with Crippen LogP contribution in [0.25, 0.3) is 0 Å². The van der Waals surface area contributed by atoms with Crippen LogP contribution < -0.4 is 15.5 Å². The molecule has 1 heterocycles. The summed E-state index contributed by atoms with van der Waals surface area (Å²) in [5.74, 6) is 4.87. The van der Waals surface area contributed by atoms with Crippen LogP contribution in [-0.2, 0) is 63.1 Å². The monoisotopic (exact) mass is 1210 g/mol. The number of ether oxygens (including phenoxy) is 4. The fourth-order valence-electron chi connectivity index (χ4n) is 10.2. The molecule has 2 aromatic rings. The first kappa shape index (κ1) is 74.6. The highest BCUT2D eigenvalue weighted by atomic mass is 31.2. The number of esters is 2. The van der Waals surface area contributed by atoms with E-state index in [9.17, 15) is 33.4 Å². The average Bonchev–Trinajstić information content (AvgIpc) is 3.11. The average molecular weight is 1210 g/mol. The molecule has 2 aromatic carbocycles. The number of amides is 3. The Hall–Kier alpha value is -4.62. The van der Waals surface area contributed by atoms with E-state index in [4.69, 9.17) is 28.0 Å². The van der Waals surface area contributed by atoms with Gasteiger partial charge in [0.25, 0.3) is 0 Å². The number of unbranched alkanes of at least 4 members (excludes halogenated alkanes) is 29. The molecule has 0 bridgehead atoms. The molecular weight excluding hydrogens is 1100 g/mol. The van der Waals surface area contributed by atoms with Crippen LogP contribution in [-0.4, -0.2) is 100.0 Å². The number of phosphoric acid groups is 1.